The number of piperidine rings is 1. The number of hydrogen-bond donors (Lipinski definition) is 1. The molecule has 0 radical (unpaired) electrons. The molecule has 176 valence electrons. The van der Waals surface area contributed by atoms with Crippen molar-refractivity contribution in [3.63, 3.8) is 0 Å². The Kier molecular flexibility index (Phi) is 11.9. The lowest BCUT2D eigenvalue weighted by molar-refractivity contribution is -0.149. The summed E-state index contributed by atoms with van der Waals surface area (Å²) in [5.41, 5.74) is -0.376. The molecule has 2 heterocycles. The van der Waals surface area contributed by atoms with Crippen molar-refractivity contribution >= 4 is 36.6 Å². The summed E-state index contributed by atoms with van der Waals surface area (Å²) in [5.74, 6) is 0.460. The normalized spacial score (nSPS) is 22.5. The van der Waals surface area contributed by atoms with E-state index in [1.807, 2.05) is 16.8 Å². The van der Waals surface area contributed by atoms with Gasteiger partial charge in [-0.3, -0.25) is 14.5 Å². The molecule has 2 aliphatic heterocycles. The van der Waals surface area contributed by atoms with Gasteiger partial charge in [-0.2, -0.15) is 0 Å². The van der Waals surface area contributed by atoms with Gasteiger partial charge in [0.05, 0.1) is 18.6 Å². The number of nitrogens with one attached hydrogen (secondary N) is 1. The van der Waals surface area contributed by atoms with E-state index in [1.54, 1.807) is 7.11 Å². The topological polar surface area (TPSA) is 65.1 Å². The molecule has 30 heavy (non-hydrogen) atoms. The first kappa shape index (κ1) is 27.4. The summed E-state index contributed by atoms with van der Waals surface area (Å²) >= 11 is 0. The van der Waals surface area contributed by atoms with E-state index >= 15 is 0 Å². The van der Waals surface area contributed by atoms with Gasteiger partial charge in [0, 0.05) is 46.4 Å². The van der Waals surface area contributed by atoms with Gasteiger partial charge in [0.15, 0.2) is 0 Å². The van der Waals surface area contributed by atoms with E-state index in [0.717, 1.165) is 51.9 Å². The SMILES string of the molecule is COCC1(C(=O)N2CCN(CC(=O)N(C)C3CCCCC3)CC2)CCNCC1.Cl.Cl. The van der Waals surface area contributed by atoms with Gasteiger partial charge in [0.25, 0.3) is 0 Å². The Balaban J connectivity index is 0.00000225. The summed E-state index contributed by atoms with van der Waals surface area (Å²) in [7, 11) is 3.65. The monoisotopic (exact) mass is 466 g/mol. The summed E-state index contributed by atoms with van der Waals surface area (Å²) in [4.78, 5) is 32.1. The third kappa shape index (κ3) is 6.70. The highest BCUT2D eigenvalue weighted by Crippen LogP contribution is 2.32. The fourth-order valence-corrected chi connectivity index (χ4v) is 5.02. The maximum atomic E-state index is 13.2. The van der Waals surface area contributed by atoms with E-state index in [2.05, 4.69) is 10.2 Å². The van der Waals surface area contributed by atoms with Crippen LogP contribution in [0.5, 0.6) is 0 Å². The Morgan fingerprint density at radius 2 is 1.63 bits per heavy atom. The van der Waals surface area contributed by atoms with Crippen LogP contribution >= 0.6 is 24.8 Å². The molecule has 1 aliphatic carbocycles. The molecule has 3 aliphatic rings. The molecule has 2 amide bonds. The molecule has 0 spiro atoms. The van der Waals surface area contributed by atoms with Crippen molar-refractivity contribution in [2.45, 2.75) is 51.0 Å². The second-order valence-corrected chi connectivity index (χ2v) is 8.83. The number of nitrogens with zero attached hydrogens (tertiary/aromatic N) is 3. The first-order chi connectivity index (χ1) is 13.6. The lowest BCUT2D eigenvalue weighted by Gasteiger charge is -2.43. The van der Waals surface area contributed by atoms with Crippen molar-refractivity contribution in [1.29, 1.82) is 0 Å². The van der Waals surface area contributed by atoms with Crippen LogP contribution in [0, 0.1) is 5.41 Å². The van der Waals surface area contributed by atoms with Crippen LogP contribution in [0.15, 0.2) is 0 Å². The standard InChI is InChI=1S/C21H38N4O3.2ClH/c1-23(18-6-4-3-5-7-18)19(26)16-24-12-14-25(15-13-24)20(27)21(17-28-2)8-10-22-11-9-21;;/h18,22H,3-17H2,1-2H3;2*1H. The molecular formula is C21H40Cl2N4O3. The highest BCUT2D eigenvalue weighted by Gasteiger charge is 2.42. The Bertz CT molecular complexity index is 527. The molecule has 0 unspecified atom stereocenters. The number of rotatable bonds is 6. The number of carbonyl (C=O) groups excluding carboxylic acids is 2. The molecule has 0 atom stereocenters. The van der Waals surface area contributed by atoms with Crippen LogP contribution < -0.4 is 5.32 Å². The van der Waals surface area contributed by atoms with Crippen LogP contribution in [0.1, 0.15) is 44.9 Å². The minimum Gasteiger partial charge on any atom is -0.384 e. The zero-order chi connectivity index (χ0) is 20.0. The van der Waals surface area contributed by atoms with Crippen LogP contribution in [0.2, 0.25) is 0 Å². The summed E-state index contributed by atoms with van der Waals surface area (Å²) in [6.07, 6.45) is 7.73. The van der Waals surface area contributed by atoms with Gasteiger partial charge < -0.3 is 19.9 Å². The minimum atomic E-state index is -0.376. The Morgan fingerprint density at radius 3 is 2.20 bits per heavy atom. The average Bonchev–Trinajstić information content (AvgIpc) is 2.74. The van der Waals surface area contributed by atoms with E-state index in [0.29, 0.717) is 32.3 Å². The zero-order valence-electron chi connectivity index (χ0n) is 18.6. The molecule has 0 aromatic carbocycles. The molecule has 0 aromatic rings. The quantitative estimate of drug-likeness (QED) is 0.645. The van der Waals surface area contributed by atoms with Crippen molar-refractivity contribution in [3.05, 3.63) is 0 Å². The van der Waals surface area contributed by atoms with Crippen LogP contribution in [0.25, 0.3) is 0 Å². The molecule has 0 aromatic heterocycles. The van der Waals surface area contributed by atoms with Gasteiger partial charge in [-0.25, -0.2) is 0 Å². The number of hydrogen-bond acceptors (Lipinski definition) is 5. The van der Waals surface area contributed by atoms with Crippen molar-refractivity contribution in [2.24, 2.45) is 5.41 Å². The maximum Gasteiger partial charge on any atom is 0.236 e. The highest BCUT2D eigenvalue weighted by molar-refractivity contribution is 5.85. The Morgan fingerprint density at radius 1 is 1.03 bits per heavy atom. The van der Waals surface area contributed by atoms with Gasteiger partial charge in [-0.05, 0) is 38.8 Å². The number of halogens is 2. The van der Waals surface area contributed by atoms with Gasteiger partial charge in [0.2, 0.25) is 11.8 Å². The number of likely N-dealkylation sites (N-methyl/N-ethyl adjacent to an activating group) is 1. The zero-order valence-corrected chi connectivity index (χ0v) is 20.2. The third-order valence-electron chi connectivity index (χ3n) is 6.97. The molecule has 7 nitrogen and oxygen atoms in total. The van der Waals surface area contributed by atoms with Gasteiger partial charge in [-0.15, -0.1) is 24.8 Å². The number of carbonyl (C=O) groups is 2. The average molecular weight is 467 g/mol. The predicted molar refractivity (Wildman–Crippen MR) is 124 cm³/mol. The highest BCUT2D eigenvalue weighted by atomic mass is 35.5. The molecule has 0 bridgehead atoms. The van der Waals surface area contributed by atoms with Crippen LogP contribution in [0.4, 0.5) is 0 Å². The van der Waals surface area contributed by atoms with Gasteiger partial charge in [-0.1, -0.05) is 19.3 Å². The molecular weight excluding hydrogens is 427 g/mol. The smallest absolute Gasteiger partial charge is 0.236 e. The molecule has 1 N–H and O–H groups in total. The van der Waals surface area contributed by atoms with Crippen LogP contribution in [-0.2, 0) is 14.3 Å². The Labute approximate surface area is 194 Å². The van der Waals surface area contributed by atoms with E-state index in [4.69, 9.17) is 4.74 Å². The van der Waals surface area contributed by atoms with E-state index in [-0.39, 0.29) is 42.0 Å². The van der Waals surface area contributed by atoms with E-state index in [1.165, 1.54) is 19.3 Å². The fourth-order valence-electron chi connectivity index (χ4n) is 5.02. The van der Waals surface area contributed by atoms with Crippen molar-refractivity contribution in [3.8, 4) is 0 Å². The van der Waals surface area contributed by atoms with Gasteiger partial charge in [0.1, 0.15) is 0 Å². The fraction of sp³-hybridized carbons (Fsp3) is 0.905. The number of methoxy groups -OCH3 is 1. The lowest BCUT2D eigenvalue weighted by atomic mass is 9.78. The molecule has 3 fully saturated rings. The second kappa shape index (κ2) is 13.1. The molecule has 3 rings (SSSR count). The molecule has 9 heteroatoms. The summed E-state index contributed by atoms with van der Waals surface area (Å²) in [6, 6.07) is 0.415. The lowest BCUT2D eigenvalue weighted by Crippen LogP contribution is -2.57. The summed E-state index contributed by atoms with van der Waals surface area (Å²) in [6.45, 7) is 5.68. The van der Waals surface area contributed by atoms with Crippen molar-refractivity contribution < 1.29 is 14.3 Å². The largest absolute Gasteiger partial charge is 0.384 e. The van der Waals surface area contributed by atoms with Crippen molar-refractivity contribution in [2.75, 3.05) is 66.6 Å². The molecule has 2 saturated heterocycles. The number of piperazine rings is 1. The number of amides is 2. The minimum absolute atomic E-state index is 0. The third-order valence-corrected chi connectivity index (χ3v) is 6.97. The van der Waals surface area contributed by atoms with Crippen LogP contribution in [-0.4, -0.2) is 99.1 Å². The predicted octanol–water partition coefficient (Wildman–Crippen LogP) is 1.78. The van der Waals surface area contributed by atoms with Crippen molar-refractivity contribution in [1.82, 2.24) is 20.0 Å². The summed E-state index contributed by atoms with van der Waals surface area (Å²) < 4.78 is 5.42. The first-order valence-corrected chi connectivity index (χ1v) is 11.0. The van der Waals surface area contributed by atoms with E-state index < -0.39 is 0 Å². The summed E-state index contributed by atoms with van der Waals surface area (Å²) in [5, 5.41) is 3.35. The second-order valence-electron chi connectivity index (χ2n) is 8.83. The van der Waals surface area contributed by atoms with Crippen LogP contribution in [0.3, 0.4) is 0 Å². The molecule has 1 saturated carbocycles. The van der Waals surface area contributed by atoms with E-state index in [9.17, 15) is 9.59 Å². The van der Waals surface area contributed by atoms with Gasteiger partial charge >= 0.3 is 0 Å². The maximum absolute atomic E-state index is 13.2. The first-order valence-electron chi connectivity index (χ1n) is 11.0. The Hall–Kier alpha value is -0.600. The number of ether oxygens (including phenoxy) is 1.